The summed E-state index contributed by atoms with van der Waals surface area (Å²) in [6.45, 7) is 15.9. The summed E-state index contributed by atoms with van der Waals surface area (Å²) in [7, 11) is 1.90. The molecule has 0 unspecified atom stereocenters. The number of anilines is 1. The Bertz CT molecular complexity index is 927. The number of hydrogen-bond acceptors (Lipinski definition) is 4. The smallest absolute Gasteiger partial charge is 0.279 e. The third-order valence-electron chi connectivity index (χ3n) is 5.10. The monoisotopic (exact) mass is 394 g/mol. The normalized spacial score (nSPS) is 13.7. The Morgan fingerprint density at radius 3 is 2.52 bits per heavy atom. The molecule has 6 heteroatoms. The molecule has 1 amide bonds. The van der Waals surface area contributed by atoms with Gasteiger partial charge in [0.15, 0.2) is 11.5 Å². The molecule has 0 spiro atoms. The van der Waals surface area contributed by atoms with Crippen LogP contribution in [0.5, 0.6) is 0 Å². The number of hydrogen-bond donors (Lipinski definition) is 0. The minimum Gasteiger partial charge on any atom is -0.498 e. The molecule has 2 heterocycles. The van der Waals surface area contributed by atoms with E-state index >= 15 is 0 Å². The Hall–Kier alpha value is -3.02. The number of nitrogens with zero attached hydrogens (tertiary/aromatic N) is 4. The fourth-order valence-corrected chi connectivity index (χ4v) is 3.55. The van der Waals surface area contributed by atoms with Gasteiger partial charge in [-0.25, -0.2) is 4.98 Å². The maximum Gasteiger partial charge on any atom is 0.279 e. The Balaban J connectivity index is 2.09. The van der Waals surface area contributed by atoms with E-state index in [2.05, 4.69) is 51.3 Å². The van der Waals surface area contributed by atoms with E-state index in [4.69, 9.17) is 9.72 Å². The molecule has 0 fully saturated rings. The molecule has 1 aliphatic heterocycles. The molecule has 0 saturated heterocycles. The highest BCUT2D eigenvalue weighted by Crippen LogP contribution is 2.33. The fraction of sp³-hybridized carbons (Fsp3) is 0.391. The second-order valence-corrected chi connectivity index (χ2v) is 7.35. The number of aromatic nitrogens is 2. The molecular formula is C23H30N4O2. The van der Waals surface area contributed by atoms with Crippen LogP contribution in [0, 0.1) is 6.92 Å². The number of ether oxygens (including phenoxy) is 1. The molecule has 1 aliphatic rings. The first-order valence-corrected chi connectivity index (χ1v) is 10.1. The molecule has 6 nitrogen and oxygen atoms in total. The lowest BCUT2D eigenvalue weighted by Gasteiger charge is -2.35. The predicted octanol–water partition coefficient (Wildman–Crippen LogP) is 4.11. The second kappa shape index (κ2) is 8.55. The van der Waals surface area contributed by atoms with Crippen LogP contribution in [0.15, 0.2) is 49.0 Å². The third-order valence-corrected chi connectivity index (χ3v) is 5.10. The third kappa shape index (κ3) is 4.06. The van der Waals surface area contributed by atoms with E-state index < -0.39 is 0 Å². The van der Waals surface area contributed by atoms with Crippen molar-refractivity contribution in [3.8, 4) is 0 Å². The largest absolute Gasteiger partial charge is 0.498 e. The highest BCUT2D eigenvalue weighted by molar-refractivity contribution is 6.01. The van der Waals surface area contributed by atoms with Gasteiger partial charge >= 0.3 is 0 Å². The van der Waals surface area contributed by atoms with Gasteiger partial charge in [0.1, 0.15) is 11.6 Å². The number of rotatable bonds is 8. The first-order chi connectivity index (χ1) is 13.9. The standard InChI is InChI=1S/C23H30N4O2/c1-7-13-26-18(5)25(6)22-21(23(26)28)27(15-19-11-9-16(3)10-12-19)20(24-22)14-17(4)29-8-2/h9-12H,4-5,7-8,13-15H2,1-3,6H3. The Morgan fingerprint density at radius 2 is 1.90 bits per heavy atom. The van der Waals surface area contributed by atoms with Crippen LogP contribution in [0.25, 0.3) is 0 Å². The summed E-state index contributed by atoms with van der Waals surface area (Å²) in [5.41, 5.74) is 2.90. The van der Waals surface area contributed by atoms with Crippen LogP contribution >= 0.6 is 0 Å². The van der Waals surface area contributed by atoms with Gasteiger partial charge in [-0.3, -0.25) is 9.69 Å². The molecule has 0 radical (unpaired) electrons. The topological polar surface area (TPSA) is 50.6 Å². The van der Waals surface area contributed by atoms with Crippen molar-refractivity contribution >= 4 is 11.7 Å². The van der Waals surface area contributed by atoms with Gasteiger partial charge in [0.25, 0.3) is 5.91 Å². The maximum atomic E-state index is 13.4. The number of allylic oxidation sites excluding steroid dienone is 1. The summed E-state index contributed by atoms with van der Waals surface area (Å²) < 4.78 is 7.56. The van der Waals surface area contributed by atoms with Crippen molar-refractivity contribution in [2.75, 3.05) is 25.1 Å². The predicted molar refractivity (Wildman–Crippen MR) is 116 cm³/mol. The summed E-state index contributed by atoms with van der Waals surface area (Å²) in [5, 5.41) is 0. The van der Waals surface area contributed by atoms with Gasteiger partial charge in [-0.15, -0.1) is 0 Å². The van der Waals surface area contributed by atoms with E-state index in [1.165, 1.54) is 5.56 Å². The van der Waals surface area contributed by atoms with Crippen LogP contribution in [0.3, 0.4) is 0 Å². The highest BCUT2D eigenvalue weighted by Gasteiger charge is 2.36. The summed E-state index contributed by atoms with van der Waals surface area (Å²) in [5.74, 6) is 2.64. The van der Waals surface area contributed by atoms with Crippen molar-refractivity contribution < 1.29 is 9.53 Å². The average Bonchev–Trinajstić information content (AvgIpc) is 3.03. The Labute approximate surface area is 173 Å². The van der Waals surface area contributed by atoms with Crippen LogP contribution in [-0.4, -0.2) is 40.6 Å². The van der Waals surface area contributed by atoms with E-state index in [0.29, 0.717) is 49.2 Å². The average molecular weight is 395 g/mol. The van der Waals surface area contributed by atoms with Crippen LogP contribution in [0.1, 0.15) is 47.7 Å². The lowest BCUT2D eigenvalue weighted by Crippen LogP contribution is -2.43. The van der Waals surface area contributed by atoms with Gasteiger partial charge < -0.3 is 14.2 Å². The van der Waals surface area contributed by atoms with E-state index in [1.807, 2.05) is 23.4 Å². The van der Waals surface area contributed by atoms with E-state index in [9.17, 15) is 4.79 Å². The number of carbonyl (C=O) groups is 1. The van der Waals surface area contributed by atoms with Crippen molar-refractivity contribution in [1.82, 2.24) is 14.5 Å². The molecule has 3 rings (SSSR count). The van der Waals surface area contributed by atoms with Gasteiger partial charge in [-0.1, -0.05) is 49.9 Å². The van der Waals surface area contributed by atoms with Crippen molar-refractivity contribution in [2.24, 2.45) is 0 Å². The van der Waals surface area contributed by atoms with Crippen molar-refractivity contribution in [2.45, 2.75) is 40.2 Å². The molecule has 0 N–H and O–H groups in total. The zero-order valence-corrected chi connectivity index (χ0v) is 17.9. The van der Waals surface area contributed by atoms with Crippen LogP contribution in [-0.2, 0) is 17.7 Å². The molecular weight excluding hydrogens is 364 g/mol. The Kier molecular flexibility index (Phi) is 6.11. The molecule has 2 aromatic rings. The second-order valence-electron chi connectivity index (χ2n) is 7.35. The number of fused-ring (bicyclic) bond motifs is 1. The summed E-state index contributed by atoms with van der Waals surface area (Å²) in [6, 6.07) is 8.33. The van der Waals surface area contributed by atoms with E-state index in [1.54, 1.807) is 4.90 Å². The lowest BCUT2D eigenvalue weighted by molar-refractivity contribution is 0.0783. The zero-order valence-electron chi connectivity index (χ0n) is 17.9. The molecule has 154 valence electrons. The quantitative estimate of drug-likeness (QED) is 0.633. The molecule has 1 aromatic carbocycles. The van der Waals surface area contributed by atoms with Crippen LogP contribution in [0.4, 0.5) is 5.82 Å². The minimum absolute atomic E-state index is 0.0576. The lowest BCUT2D eigenvalue weighted by atomic mass is 10.1. The number of aryl methyl sites for hydroxylation is 1. The van der Waals surface area contributed by atoms with Crippen molar-refractivity contribution in [1.29, 1.82) is 0 Å². The maximum absolute atomic E-state index is 13.4. The van der Waals surface area contributed by atoms with Gasteiger partial charge in [-0.2, -0.15) is 0 Å². The number of carbonyl (C=O) groups excluding carboxylic acids is 1. The molecule has 1 aromatic heterocycles. The molecule has 29 heavy (non-hydrogen) atoms. The first-order valence-electron chi connectivity index (χ1n) is 10.1. The number of benzene rings is 1. The van der Waals surface area contributed by atoms with Crippen molar-refractivity contribution in [3.05, 3.63) is 71.6 Å². The van der Waals surface area contributed by atoms with Crippen molar-refractivity contribution in [3.63, 3.8) is 0 Å². The van der Waals surface area contributed by atoms with E-state index in [-0.39, 0.29) is 5.91 Å². The van der Waals surface area contributed by atoms with Gasteiger partial charge in [0, 0.05) is 20.1 Å². The zero-order chi connectivity index (χ0) is 21.1. The van der Waals surface area contributed by atoms with Crippen LogP contribution < -0.4 is 4.90 Å². The fourth-order valence-electron chi connectivity index (χ4n) is 3.55. The summed E-state index contributed by atoms with van der Waals surface area (Å²) in [4.78, 5) is 21.8. The van der Waals surface area contributed by atoms with E-state index in [0.717, 1.165) is 17.8 Å². The molecule has 0 aliphatic carbocycles. The molecule has 0 saturated carbocycles. The molecule has 0 atom stereocenters. The molecule has 0 bridgehead atoms. The minimum atomic E-state index is -0.0576. The first kappa shape index (κ1) is 20.7. The van der Waals surface area contributed by atoms with Crippen LogP contribution in [0.2, 0.25) is 0 Å². The summed E-state index contributed by atoms with van der Waals surface area (Å²) in [6.07, 6.45) is 1.31. The number of imidazole rings is 1. The SMILES string of the molecule is C=C(Cc1nc2c(n1Cc1ccc(C)cc1)C(=O)N(CCC)C(=C)N2C)OCC. The highest BCUT2D eigenvalue weighted by atomic mass is 16.5. The Morgan fingerprint density at radius 1 is 1.21 bits per heavy atom. The number of amides is 1. The van der Waals surface area contributed by atoms with Gasteiger partial charge in [0.05, 0.1) is 18.8 Å². The van der Waals surface area contributed by atoms with Gasteiger partial charge in [-0.05, 0) is 25.8 Å². The van der Waals surface area contributed by atoms with Gasteiger partial charge in [0.2, 0.25) is 0 Å². The summed E-state index contributed by atoms with van der Waals surface area (Å²) >= 11 is 0.